The topological polar surface area (TPSA) is 109 Å². The van der Waals surface area contributed by atoms with E-state index in [1.165, 1.54) is 12.1 Å². The van der Waals surface area contributed by atoms with Crippen molar-refractivity contribution in [3.8, 4) is 0 Å². The second-order valence-corrected chi connectivity index (χ2v) is 9.72. The van der Waals surface area contributed by atoms with Crippen LogP contribution in [0.4, 0.5) is 5.69 Å². The van der Waals surface area contributed by atoms with Crippen molar-refractivity contribution in [2.75, 3.05) is 11.1 Å². The van der Waals surface area contributed by atoms with Gasteiger partial charge in [0.05, 0.1) is 16.8 Å². The van der Waals surface area contributed by atoms with Gasteiger partial charge in [-0.2, -0.15) is 0 Å². The van der Waals surface area contributed by atoms with E-state index in [2.05, 4.69) is 15.3 Å². The quantitative estimate of drug-likeness (QED) is 0.447. The van der Waals surface area contributed by atoms with Crippen LogP contribution in [0, 0.1) is 20.8 Å². The second kappa shape index (κ2) is 8.85. The van der Waals surface area contributed by atoms with Crippen LogP contribution in [0.5, 0.6) is 0 Å². The van der Waals surface area contributed by atoms with Gasteiger partial charge in [0.2, 0.25) is 15.7 Å². The molecule has 3 rings (SSSR count). The molecule has 1 amide bonds. The van der Waals surface area contributed by atoms with E-state index in [1.54, 1.807) is 25.1 Å². The molecule has 1 heterocycles. The highest BCUT2D eigenvalue weighted by Crippen LogP contribution is 2.21. The number of aromatic amines is 1. The molecule has 0 aliphatic rings. The molecule has 0 radical (unpaired) electrons. The van der Waals surface area contributed by atoms with Crippen LogP contribution >= 0.6 is 11.8 Å². The molecule has 7 nitrogen and oxygen atoms in total. The number of rotatable bonds is 6. The molecule has 0 atom stereocenters. The molecule has 0 saturated carbocycles. The minimum absolute atomic E-state index is 0.0140. The third-order valence-corrected chi connectivity index (χ3v) is 7.13. The van der Waals surface area contributed by atoms with Gasteiger partial charge in [0.15, 0.2) is 10.1 Å². The van der Waals surface area contributed by atoms with Gasteiger partial charge >= 0.3 is 0 Å². The number of amides is 1. The zero-order valence-electron chi connectivity index (χ0n) is 16.7. The van der Waals surface area contributed by atoms with E-state index in [0.29, 0.717) is 5.69 Å². The van der Waals surface area contributed by atoms with Gasteiger partial charge in [-0.25, -0.2) is 13.4 Å². The summed E-state index contributed by atoms with van der Waals surface area (Å²) in [7, 11) is -4.00. The summed E-state index contributed by atoms with van der Waals surface area (Å²) in [5.74, 6) is -0.251. The van der Waals surface area contributed by atoms with Crippen LogP contribution in [0.2, 0.25) is 0 Å². The Hall–Kier alpha value is -2.91. The van der Waals surface area contributed by atoms with Crippen molar-refractivity contribution < 1.29 is 13.2 Å². The van der Waals surface area contributed by atoms with E-state index in [9.17, 15) is 18.0 Å². The molecule has 2 N–H and O–H groups in total. The maximum absolute atomic E-state index is 12.8. The summed E-state index contributed by atoms with van der Waals surface area (Å²) in [6.07, 6.45) is 1.03. The Morgan fingerprint density at radius 2 is 1.77 bits per heavy atom. The van der Waals surface area contributed by atoms with Gasteiger partial charge in [-0.3, -0.25) is 9.59 Å². The number of aryl methyl sites for hydroxylation is 3. The van der Waals surface area contributed by atoms with Crippen molar-refractivity contribution in [1.29, 1.82) is 0 Å². The average molecular weight is 444 g/mol. The number of hydrogen-bond acceptors (Lipinski definition) is 6. The second-order valence-electron chi connectivity index (χ2n) is 6.83. The molecular formula is C21H21N3O4S2. The summed E-state index contributed by atoms with van der Waals surface area (Å²) in [6, 6.07) is 12.1. The first-order valence-electron chi connectivity index (χ1n) is 9.08. The molecular weight excluding hydrogens is 422 g/mol. The molecule has 9 heteroatoms. The first kappa shape index (κ1) is 21.8. The number of carbonyl (C=O) groups excluding carboxylic acids is 1. The summed E-state index contributed by atoms with van der Waals surface area (Å²) in [6.45, 7) is 5.63. The van der Waals surface area contributed by atoms with Gasteiger partial charge in [-0.1, -0.05) is 35.5 Å². The zero-order valence-corrected chi connectivity index (χ0v) is 18.4. The summed E-state index contributed by atoms with van der Waals surface area (Å²) < 4.78 is 25.6. The Bertz CT molecular complexity index is 1250. The number of nitrogens with one attached hydrogen (secondary N) is 2. The molecule has 30 heavy (non-hydrogen) atoms. The van der Waals surface area contributed by atoms with Crippen molar-refractivity contribution in [2.24, 2.45) is 0 Å². The number of nitrogens with zero attached hydrogens (tertiary/aromatic N) is 1. The molecule has 3 aromatic rings. The maximum atomic E-state index is 12.8. The highest BCUT2D eigenvalue weighted by Gasteiger charge is 2.23. The standard InChI is InChI=1S/C21H21N3O4S2/c1-13-4-7-16(8-5-13)23-19(25)12-29-21-22-11-18(20(26)24-21)30(27,28)17-9-6-14(2)15(3)10-17/h4-11H,12H2,1-3H3,(H,23,25)(H,22,24,26). The summed E-state index contributed by atoms with van der Waals surface area (Å²) in [4.78, 5) is 30.5. The minimum atomic E-state index is -4.00. The smallest absolute Gasteiger partial charge is 0.270 e. The van der Waals surface area contributed by atoms with Crippen LogP contribution in [-0.2, 0) is 14.6 Å². The van der Waals surface area contributed by atoms with Crippen molar-refractivity contribution in [1.82, 2.24) is 9.97 Å². The van der Waals surface area contributed by atoms with Crippen LogP contribution in [0.3, 0.4) is 0 Å². The first-order chi connectivity index (χ1) is 14.2. The Labute approximate surface area is 178 Å². The lowest BCUT2D eigenvalue weighted by Crippen LogP contribution is -2.20. The van der Waals surface area contributed by atoms with E-state index in [1.807, 2.05) is 26.0 Å². The minimum Gasteiger partial charge on any atom is -0.325 e. The molecule has 156 valence electrons. The summed E-state index contributed by atoms with van der Waals surface area (Å²) in [5.41, 5.74) is 2.75. The highest BCUT2D eigenvalue weighted by molar-refractivity contribution is 7.99. The molecule has 0 aliphatic heterocycles. The van der Waals surface area contributed by atoms with Gasteiger partial charge < -0.3 is 10.3 Å². The van der Waals surface area contributed by atoms with Gasteiger partial charge in [0, 0.05) is 5.69 Å². The molecule has 0 bridgehead atoms. The Kier molecular flexibility index (Phi) is 6.42. The zero-order chi connectivity index (χ0) is 21.9. The van der Waals surface area contributed by atoms with Crippen molar-refractivity contribution in [2.45, 2.75) is 35.7 Å². The SMILES string of the molecule is Cc1ccc(NC(=O)CSc2ncc(S(=O)(=O)c3ccc(C)c(C)c3)c(=O)[nH]2)cc1. The van der Waals surface area contributed by atoms with Gasteiger partial charge in [-0.15, -0.1) is 0 Å². The van der Waals surface area contributed by atoms with E-state index in [0.717, 1.165) is 34.6 Å². The van der Waals surface area contributed by atoms with Crippen molar-refractivity contribution >= 4 is 33.2 Å². The largest absolute Gasteiger partial charge is 0.325 e. The van der Waals surface area contributed by atoms with Crippen molar-refractivity contribution in [3.05, 3.63) is 75.7 Å². The molecule has 2 aromatic carbocycles. The lowest BCUT2D eigenvalue weighted by Gasteiger charge is -2.08. The Balaban J connectivity index is 1.71. The van der Waals surface area contributed by atoms with Crippen LogP contribution in [0.25, 0.3) is 0 Å². The lowest BCUT2D eigenvalue weighted by molar-refractivity contribution is -0.113. The Morgan fingerprint density at radius 1 is 1.07 bits per heavy atom. The number of thioether (sulfide) groups is 1. The average Bonchev–Trinajstić information content (AvgIpc) is 2.70. The normalized spacial score (nSPS) is 11.3. The van der Waals surface area contributed by atoms with Crippen molar-refractivity contribution in [3.63, 3.8) is 0 Å². The van der Waals surface area contributed by atoms with Crippen LogP contribution in [0.1, 0.15) is 16.7 Å². The fraction of sp³-hybridized carbons (Fsp3) is 0.190. The highest BCUT2D eigenvalue weighted by atomic mass is 32.2. The van der Waals surface area contributed by atoms with E-state index >= 15 is 0 Å². The molecule has 1 aromatic heterocycles. The van der Waals surface area contributed by atoms with Crippen LogP contribution in [0.15, 0.2) is 68.4 Å². The number of carbonyl (C=O) groups is 1. The predicted octanol–water partition coefficient (Wildman–Crippen LogP) is 3.26. The third-order valence-electron chi connectivity index (χ3n) is 4.50. The van der Waals surface area contributed by atoms with Crippen LogP contribution < -0.4 is 10.9 Å². The fourth-order valence-electron chi connectivity index (χ4n) is 2.61. The number of H-pyrrole nitrogens is 1. The molecule has 0 fully saturated rings. The number of sulfone groups is 1. The number of hydrogen-bond donors (Lipinski definition) is 2. The Morgan fingerprint density at radius 3 is 2.40 bits per heavy atom. The monoisotopic (exact) mass is 443 g/mol. The van der Waals surface area contributed by atoms with Gasteiger partial charge in [0.1, 0.15) is 0 Å². The van der Waals surface area contributed by atoms with E-state index < -0.39 is 20.3 Å². The first-order valence-corrected chi connectivity index (χ1v) is 11.5. The third kappa shape index (κ3) is 4.98. The maximum Gasteiger partial charge on any atom is 0.270 e. The molecule has 0 unspecified atom stereocenters. The predicted molar refractivity (Wildman–Crippen MR) is 117 cm³/mol. The number of benzene rings is 2. The number of aromatic nitrogens is 2. The lowest BCUT2D eigenvalue weighted by atomic mass is 10.1. The molecule has 0 saturated heterocycles. The number of anilines is 1. The molecule has 0 spiro atoms. The van der Waals surface area contributed by atoms with Gasteiger partial charge in [0.25, 0.3) is 5.56 Å². The van der Waals surface area contributed by atoms with E-state index in [4.69, 9.17) is 0 Å². The molecule has 0 aliphatic carbocycles. The van der Waals surface area contributed by atoms with Crippen LogP contribution in [-0.4, -0.2) is 30.0 Å². The van der Waals surface area contributed by atoms with E-state index in [-0.39, 0.29) is 21.7 Å². The summed E-state index contributed by atoms with van der Waals surface area (Å²) in [5, 5.41) is 2.91. The fourth-order valence-corrected chi connectivity index (χ4v) is 4.56. The summed E-state index contributed by atoms with van der Waals surface area (Å²) >= 11 is 1.01. The van der Waals surface area contributed by atoms with Gasteiger partial charge in [-0.05, 0) is 56.2 Å².